The Morgan fingerprint density at radius 2 is 2.09 bits per heavy atom. The first kappa shape index (κ1) is 15.1. The SMILES string of the molecule is Cc1nc(-c2ncccn2)sc1C(=O)N1CCNC(C)C1C. The molecule has 2 atom stereocenters. The van der Waals surface area contributed by atoms with Gasteiger partial charge in [-0.25, -0.2) is 15.0 Å². The van der Waals surface area contributed by atoms with Crippen LogP contribution in [-0.2, 0) is 0 Å². The predicted octanol–water partition coefficient (Wildman–Crippen LogP) is 1.73. The number of nitrogens with zero attached hydrogens (tertiary/aromatic N) is 4. The Balaban J connectivity index is 1.89. The van der Waals surface area contributed by atoms with E-state index in [1.54, 1.807) is 18.5 Å². The monoisotopic (exact) mass is 317 g/mol. The first-order valence-corrected chi connectivity index (χ1v) is 8.18. The topological polar surface area (TPSA) is 71.0 Å². The number of carbonyl (C=O) groups excluding carboxylic acids is 1. The minimum atomic E-state index is 0.0537. The van der Waals surface area contributed by atoms with Crippen LogP contribution in [0.3, 0.4) is 0 Å². The van der Waals surface area contributed by atoms with Gasteiger partial charge in [-0.05, 0) is 26.8 Å². The molecule has 22 heavy (non-hydrogen) atoms. The molecule has 1 aliphatic heterocycles. The van der Waals surface area contributed by atoms with Crippen LogP contribution in [-0.4, -0.2) is 50.9 Å². The molecule has 116 valence electrons. The fraction of sp³-hybridized carbons (Fsp3) is 0.467. The lowest BCUT2D eigenvalue weighted by molar-refractivity contribution is 0.0607. The molecule has 1 N–H and O–H groups in total. The van der Waals surface area contributed by atoms with Crippen LogP contribution >= 0.6 is 11.3 Å². The fourth-order valence-electron chi connectivity index (χ4n) is 2.57. The van der Waals surface area contributed by atoms with E-state index in [9.17, 15) is 4.79 Å². The summed E-state index contributed by atoms with van der Waals surface area (Å²) < 4.78 is 0. The third-order valence-corrected chi connectivity index (χ3v) is 5.18. The molecule has 2 unspecified atom stereocenters. The molecule has 0 aromatic carbocycles. The number of piperazine rings is 1. The smallest absolute Gasteiger partial charge is 0.266 e. The van der Waals surface area contributed by atoms with E-state index in [2.05, 4.69) is 34.1 Å². The van der Waals surface area contributed by atoms with Crippen molar-refractivity contribution in [2.24, 2.45) is 0 Å². The van der Waals surface area contributed by atoms with Crippen molar-refractivity contribution in [2.45, 2.75) is 32.9 Å². The Bertz CT molecular complexity index is 672. The largest absolute Gasteiger partial charge is 0.332 e. The highest BCUT2D eigenvalue weighted by atomic mass is 32.1. The minimum Gasteiger partial charge on any atom is -0.332 e. The second-order valence-electron chi connectivity index (χ2n) is 5.49. The van der Waals surface area contributed by atoms with Gasteiger partial charge in [0.25, 0.3) is 5.91 Å². The Morgan fingerprint density at radius 1 is 1.36 bits per heavy atom. The quantitative estimate of drug-likeness (QED) is 0.913. The molecule has 0 bridgehead atoms. The van der Waals surface area contributed by atoms with Crippen LogP contribution in [0.2, 0.25) is 0 Å². The van der Waals surface area contributed by atoms with Gasteiger partial charge in [0.15, 0.2) is 10.8 Å². The van der Waals surface area contributed by atoms with Crippen molar-refractivity contribution < 1.29 is 4.79 Å². The van der Waals surface area contributed by atoms with Crippen molar-refractivity contribution in [2.75, 3.05) is 13.1 Å². The summed E-state index contributed by atoms with van der Waals surface area (Å²) in [6.45, 7) is 7.59. The highest BCUT2D eigenvalue weighted by molar-refractivity contribution is 7.17. The lowest BCUT2D eigenvalue weighted by Crippen LogP contribution is -2.57. The number of nitrogens with one attached hydrogen (secondary N) is 1. The van der Waals surface area contributed by atoms with Crippen LogP contribution in [0.4, 0.5) is 0 Å². The molecule has 1 fully saturated rings. The number of aromatic nitrogens is 3. The van der Waals surface area contributed by atoms with Crippen LogP contribution < -0.4 is 5.32 Å². The molecule has 1 aliphatic rings. The van der Waals surface area contributed by atoms with E-state index in [0.29, 0.717) is 21.8 Å². The molecule has 1 saturated heterocycles. The Labute approximate surface area is 133 Å². The van der Waals surface area contributed by atoms with Crippen molar-refractivity contribution in [3.8, 4) is 10.8 Å². The third kappa shape index (κ3) is 2.74. The summed E-state index contributed by atoms with van der Waals surface area (Å²) >= 11 is 1.37. The van der Waals surface area contributed by atoms with Gasteiger partial charge in [0.1, 0.15) is 4.88 Å². The maximum atomic E-state index is 12.8. The molecular weight excluding hydrogens is 298 g/mol. The van der Waals surface area contributed by atoms with E-state index >= 15 is 0 Å². The summed E-state index contributed by atoms with van der Waals surface area (Å²) in [5, 5.41) is 4.08. The van der Waals surface area contributed by atoms with E-state index in [1.807, 2.05) is 11.8 Å². The number of thiazole rings is 1. The molecule has 0 saturated carbocycles. The highest BCUT2D eigenvalue weighted by Gasteiger charge is 2.31. The van der Waals surface area contributed by atoms with Crippen LogP contribution in [0.15, 0.2) is 18.5 Å². The van der Waals surface area contributed by atoms with E-state index in [0.717, 1.165) is 18.8 Å². The van der Waals surface area contributed by atoms with Gasteiger partial charge in [0.05, 0.1) is 5.69 Å². The molecule has 6 nitrogen and oxygen atoms in total. The average molecular weight is 317 g/mol. The van der Waals surface area contributed by atoms with Crippen molar-refractivity contribution in [3.63, 3.8) is 0 Å². The Kier molecular flexibility index (Phi) is 4.17. The van der Waals surface area contributed by atoms with Gasteiger partial charge in [-0.2, -0.15) is 0 Å². The van der Waals surface area contributed by atoms with E-state index in [4.69, 9.17) is 0 Å². The van der Waals surface area contributed by atoms with Crippen LogP contribution in [0.5, 0.6) is 0 Å². The predicted molar refractivity (Wildman–Crippen MR) is 85.8 cm³/mol. The van der Waals surface area contributed by atoms with Crippen molar-refractivity contribution in [1.82, 2.24) is 25.2 Å². The first-order chi connectivity index (χ1) is 10.6. The Morgan fingerprint density at radius 3 is 2.82 bits per heavy atom. The standard InChI is InChI=1S/C15H19N5OS/c1-9-11(3)20(8-7-16-9)15(21)12-10(2)19-14(22-12)13-17-5-4-6-18-13/h4-6,9,11,16H,7-8H2,1-3H3. The molecule has 1 amide bonds. The lowest BCUT2D eigenvalue weighted by atomic mass is 10.1. The van der Waals surface area contributed by atoms with Gasteiger partial charge < -0.3 is 10.2 Å². The molecule has 7 heteroatoms. The minimum absolute atomic E-state index is 0.0537. The molecule has 2 aromatic rings. The maximum Gasteiger partial charge on any atom is 0.266 e. The molecule has 0 aliphatic carbocycles. The van der Waals surface area contributed by atoms with Crippen molar-refractivity contribution >= 4 is 17.2 Å². The molecule has 2 aromatic heterocycles. The number of hydrogen-bond donors (Lipinski definition) is 1. The van der Waals surface area contributed by atoms with Crippen LogP contribution in [0.1, 0.15) is 29.2 Å². The average Bonchev–Trinajstić information content (AvgIpc) is 2.92. The van der Waals surface area contributed by atoms with Gasteiger partial charge in [0, 0.05) is 37.6 Å². The molecule has 0 spiro atoms. The zero-order valence-electron chi connectivity index (χ0n) is 12.9. The number of amides is 1. The van der Waals surface area contributed by atoms with E-state index in [-0.39, 0.29) is 11.9 Å². The second-order valence-corrected chi connectivity index (χ2v) is 6.49. The summed E-state index contributed by atoms with van der Waals surface area (Å²) in [4.78, 5) is 28.3. The Hall–Kier alpha value is -1.86. The first-order valence-electron chi connectivity index (χ1n) is 7.37. The molecular formula is C15H19N5OS. The van der Waals surface area contributed by atoms with E-state index < -0.39 is 0 Å². The second kappa shape index (κ2) is 6.10. The van der Waals surface area contributed by atoms with Gasteiger partial charge in [-0.15, -0.1) is 11.3 Å². The highest BCUT2D eigenvalue weighted by Crippen LogP contribution is 2.27. The summed E-state index contributed by atoms with van der Waals surface area (Å²) in [7, 11) is 0. The zero-order chi connectivity index (χ0) is 15.7. The van der Waals surface area contributed by atoms with Crippen molar-refractivity contribution in [3.05, 3.63) is 29.0 Å². The number of aryl methyl sites for hydroxylation is 1. The summed E-state index contributed by atoms with van der Waals surface area (Å²) in [6, 6.07) is 2.22. The molecule has 3 heterocycles. The van der Waals surface area contributed by atoms with Gasteiger partial charge >= 0.3 is 0 Å². The van der Waals surface area contributed by atoms with Gasteiger partial charge in [-0.3, -0.25) is 4.79 Å². The zero-order valence-corrected chi connectivity index (χ0v) is 13.7. The maximum absolute atomic E-state index is 12.8. The lowest BCUT2D eigenvalue weighted by Gasteiger charge is -2.38. The number of carbonyl (C=O) groups is 1. The number of rotatable bonds is 2. The third-order valence-electron chi connectivity index (χ3n) is 4.04. The summed E-state index contributed by atoms with van der Waals surface area (Å²) in [5.41, 5.74) is 0.746. The summed E-state index contributed by atoms with van der Waals surface area (Å²) in [5.74, 6) is 0.620. The van der Waals surface area contributed by atoms with Gasteiger partial charge in [-0.1, -0.05) is 0 Å². The summed E-state index contributed by atoms with van der Waals surface area (Å²) in [6.07, 6.45) is 3.36. The normalized spacial score (nSPS) is 21.9. The van der Waals surface area contributed by atoms with Gasteiger partial charge in [0.2, 0.25) is 0 Å². The van der Waals surface area contributed by atoms with Crippen molar-refractivity contribution in [1.29, 1.82) is 0 Å². The van der Waals surface area contributed by atoms with Crippen LogP contribution in [0, 0.1) is 6.92 Å². The van der Waals surface area contributed by atoms with E-state index in [1.165, 1.54) is 11.3 Å². The number of hydrogen-bond acceptors (Lipinski definition) is 6. The van der Waals surface area contributed by atoms with Crippen LogP contribution in [0.25, 0.3) is 10.8 Å². The molecule has 3 rings (SSSR count). The fourth-order valence-corrected chi connectivity index (χ4v) is 3.54. The molecule has 0 radical (unpaired) electrons.